The van der Waals surface area contributed by atoms with Crippen LogP contribution in [-0.2, 0) is 11.8 Å². The first kappa shape index (κ1) is 19.5. The van der Waals surface area contributed by atoms with E-state index >= 15 is 0 Å². The molecule has 0 aliphatic rings. The Labute approximate surface area is 163 Å². The molecule has 11 heteroatoms. The van der Waals surface area contributed by atoms with Crippen LogP contribution in [0.25, 0.3) is 11.4 Å². The van der Waals surface area contributed by atoms with Crippen molar-refractivity contribution in [1.82, 2.24) is 14.8 Å². The minimum absolute atomic E-state index is 0.137. The third-order valence-corrected chi connectivity index (χ3v) is 5.13. The zero-order valence-corrected chi connectivity index (χ0v) is 16.0. The van der Waals surface area contributed by atoms with Gasteiger partial charge in [0.25, 0.3) is 0 Å². The van der Waals surface area contributed by atoms with Gasteiger partial charge in [0.15, 0.2) is 11.0 Å². The smallest absolute Gasteiger partial charge is 0.306 e. The first-order chi connectivity index (χ1) is 13.3. The molecular formula is C17H16FN5O4S. The predicted octanol–water partition coefficient (Wildman–Crippen LogP) is 3.55. The Morgan fingerprint density at radius 3 is 2.79 bits per heavy atom. The van der Waals surface area contributed by atoms with Gasteiger partial charge in [-0.3, -0.25) is 14.9 Å². The standard InChI is InChI=1S/C17H16FN5O4S/c1-9-12(6-7-27-9)15-20-21-17(22(15)3)28-10(2)16(24)19-11-4-5-13(18)14(8-11)23(25)26/h4-8,10H,1-3H3,(H,19,24). The van der Waals surface area contributed by atoms with Crippen LogP contribution in [0.4, 0.5) is 15.8 Å². The molecule has 0 saturated heterocycles. The lowest BCUT2D eigenvalue weighted by molar-refractivity contribution is -0.387. The van der Waals surface area contributed by atoms with Crippen molar-refractivity contribution in [1.29, 1.82) is 0 Å². The Morgan fingerprint density at radius 1 is 1.39 bits per heavy atom. The van der Waals surface area contributed by atoms with Crippen molar-refractivity contribution in [2.45, 2.75) is 24.3 Å². The highest BCUT2D eigenvalue weighted by Crippen LogP contribution is 2.28. The second-order valence-electron chi connectivity index (χ2n) is 5.93. The van der Waals surface area contributed by atoms with Crippen LogP contribution < -0.4 is 5.32 Å². The maximum Gasteiger partial charge on any atom is 0.306 e. The van der Waals surface area contributed by atoms with Crippen molar-refractivity contribution < 1.29 is 18.5 Å². The summed E-state index contributed by atoms with van der Waals surface area (Å²) in [4.78, 5) is 22.4. The van der Waals surface area contributed by atoms with Crippen molar-refractivity contribution >= 4 is 29.0 Å². The second-order valence-corrected chi connectivity index (χ2v) is 7.24. The number of nitrogens with zero attached hydrogens (tertiary/aromatic N) is 4. The quantitative estimate of drug-likeness (QED) is 0.379. The van der Waals surface area contributed by atoms with Crippen LogP contribution in [0.2, 0.25) is 0 Å². The van der Waals surface area contributed by atoms with Gasteiger partial charge in [0.05, 0.1) is 22.0 Å². The van der Waals surface area contributed by atoms with E-state index in [1.807, 2.05) is 6.92 Å². The number of nitrogens with one attached hydrogen (secondary N) is 1. The van der Waals surface area contributed by atoms with Crippen molar-refractivity contribution in [3.8, 4) is 11.4 Å². The molecule has 0 fully saturated rings. The van der Waals surface area contributed by atoms with Crippen LogP contribution in [0.3, 0.4) is 0 Å². The highest BCUT2D eigenvalue weighted by molar-refractivity contribution is 8.00. The third-order valence-electron chi connectivity index (χ3n) is 4.00. The normalized spacial score (nSPS) is 12.0. The lowest BCUT2D eigenvalue weighted by Crippen LogP contribution is -2.23. The SMILES string of the molecule is Cc1occc1-c1nnc(SC(C)C(=O)Nc2ccc(F)c([N+](=O)[O-])c2)n1C. The van der Waals surface area contributed by atoms with E-state index in [1.165, 1.54) is 17.8 Å². The number of nitro groups is 1. The average molecular weight is 405 g/mol. The van der Waals surface area contributed by atoms with Crippen molar-refractivity contribution in [2.75, 3.05) is 5.32 Å². The minimum Gasteiger partial charge on any atom is -0.469 e. The summed E-state index contributed by atoms with van der Waals surface area (Å²) in [5.74, 6) is -0.0622. The first-order valence-electron chi connectivity index (χ1n) is 8.13. The van der Waals surface area contributed by atoms with Gasteiger partial charge in [-0.2, -0.15) is 4.39 Å². The summed E-state index contributed by atoms with van der Waals surface area (Å²) in [6.07, 6.45) is 1.56. The molecule has 0 aliphatic heterocycles. The summed E-state index contributed by atoms with van der Waals surface area (Å²) in [6.45, 7) is 3.48. The van der Waals surface area contributed by atoms with Gasteiger partial charge in [0.1, 0.15) is 5.76 Å². The van der Waals surface area contributed by atoms with Crippen LogP contribution in [0.1, 0.15) is 12.7 Å². The third kappa shape index (κ3) is 3.88. The summed E-state index contributed by atoms with van der Waals surface area (Å²) in [6, 6.07) is 4.96. The Balaban J connectivity index is 1.72. The number of hydrogen-bond acceptors (Lipinski definition) is 7. The molecule has 0 saturated carbocycles. The van der Waals surface area contributed by atoms with Gasteiger partial charge >= 0.3 is 5.69 Å². The van der Waals surface area contributed by atoms with Crippen molar-refractivity contribution in [2.24, 2.45) is 7.05 Å². The number of anilines is 1. The lowest BCUT2D eigenvalue weighted by atomic mass is 10.2. The number of aryl methyl sites for hydroxylation is 1. The number of carbonyl (C=O) groups is 1. The first-order valence-corrected chi connectivity index (χ1v) is 9.01. The lowest BCUT2D eigenvalue weighted by Gasteiger charge is -2.11. The molecule has 28 heavy (non-hydrogen) atoms. The van der Waals surface area contributed by atoms with Gasteiger partial charge in [-0.15, -0.1) is 10.2 Å². The van der Waals surface area contributed by atoms with Gasteiger partial charge in [-0.05, 0) is 32.0 Å². The molecule has 0 spiro atoms. The monoisotopic (exact) mass is 405 g/mol. The Bertz CT molecular complexity index is 1050. The molecule has 146 valence electrons. The molecule has 1 unspecified atom stereocenters. The van der Waals surface area contributed by atoms with Crippen molar-refractivity contribution in [3.05, 3.63) is 52.2 Å². The Morgan fingerprint density at radius 2 is 2.14 bits per heavy atom. The topological polar surface area (TPSA) is 116 Å². The number of thioether (sulfide) groups is 1. The maximum absolute atomic E-state index is 13.4. The summed E-state index contributed by atoms with van der Waals surface area (Å²) in [7, 11) is 1.78. The van der Waals surface area contributed by atoms with Crippen LogP contribution in [-0.4, -0.2) is 30.8 Å². The molecule has 0 aliphatic carbocycles. The van der Waals surface area contributed by atoms with Crippen LogP contribution in [0, 0.1) is 22.9 Å². The number of furan rings is 1. The van der Waals surface area contributed by atoms with E-state index in [-0.39, 0.29) is 5.69 Å². The summed E-state index contributed by atoms with van der Waals surface area (Å²) < 4.78 is 20.4. The fourth-order valence-electron chi connectivity index (χ4n) is 2.45. The molecule has 9 nitrogen and oxygen atoms in total. The van der Waals surface area contributed by atoms with Gasteiger partial charge in [0.2, 0.25) is 11.7 Å². The maximum atomic E-state index is 13.4. The minimum atomic E-state index is -0.966. The number of nitro benzene ring substituents is 1. The van der Waals surface area contributed by atoms with E-state index in [0.717, 1.165) is 17.7 Å². The highest BCUT2D eigenvalue weighted by Gasteiger charge is 2.22. The fourth-order valence-corrected chi connectivity index (χ4v) is 3.27. The van der Waals surface area contributed by atoms with Crippen LogP contribution in [0.5, 0.6) is 0 Å². The van der Waals surface area contributed by atoms with E-state index in [4.69, 9.17) is 4.42 Å². The van der Waals surface area contributed by atoms with Crippen LogP contribution >= 0.6 is 11.8 Å². The van der Waals surface area contributed by atoms with E-state index in [2.05, 4.69) is 15.5 Å². The van der Waals surface area contributed by atoms with Gasteiger partial charge in [-0.1, -0.05) is 11.8 Å². The molecule has 0 bridgehead atoms. The fraction of sp³-hybridized carbons (Fsp3) is 0.235. The number of amides is 1. The highest BCUT2D eigenvalue weighted by atomic mass is 32.2. The number of halogens is 1. The molecule has 1 N–H and O–H groups in total. The molecule has 2 heterocycles. The zero-order valence-electron chi connectivity index (χ0n) is 15.2. The van der Waals surface area contributed by atoms with Gasteiger partial charge in [-0.25, -0.2) is 0 Å². The zero-order chi connectivity index (χ0) is 20.4. The number of hydrogen-bond donors (Lipinski definition) is 1. The summed E-state index contributed by atoms with van der Waals surface area (Å²) >= 11 is 1.17. The molecular weight excluding hydrogens is 389 g/mol. The number of aromatic nitrogens is 3. The van der Waals surface area contributed by atoms with E-state index < -0.39 is 27.6 Å². The molecule has 1 amide bonds. The Hall–Kier alpha value is -3.21. The molecule has 1 aromatic carbocycles. The Kier molecular flexibility index (Phi) is 5.45. The summed E-state index contributed by atoms with van der Waals surface area (Å²) in [5.41, 5.74) is 0.238. The predicted molar refractivity (Wildman–Crippen MR) is 100 cm³/mol. The van der Waals surface area contributed by atoms with Gasteiger partial charge < -0.3 is 14.3 Å². The largest absolute Gasteiger partial charge is 0.469 e. The van der Waals surface area contributed by atoms with E-state index in [0.29, 0.717) is 16.7 Å². The van der Waals surface area contributed by atoms with Crippen molar-refractivity contribution in [3.63, 3.8) is 0 Å². The van der Waals surface area contributed by atoms with E-state index in [1.54, 1.807) is 30.9 Å². The molecule has 3 aromatic rings. The number of carbonyl (C=O) groups excluding carboxylic acids is 1. The second kappa shape index (κ2) is 7.80. The van der Waals surface area contributed by atoms with Crippen LogP contribution in [0.15, 0.2) is 40.1 Å². The van der Waals surface area contributed by atoms with Gasteiger partial charge in [0, 0.05) is 18.8 Å². The molecule has 2 aromatic heterocycles. The molecule has 1 atom stereocenters. The average Bonchev–Trinajstić information content (AvgIpc) is 3.22. The number of rotatable bonds is 6. The molecule has 3 rings (SSSR count). The molecule has 0 radical (unpaired) electrons. The van der Waals surface area contributed by atoms with E-state index in [9.17, 15) is 19.3 Å². The number of benzene rings is 1. The summed E-state index contributed by atoms with van der Waals surface area (Å²) in [5, 5.41) is 21.5.